The second-order valence-corrected chi connectivity index (χ2v) is 8.77. The molecule has 0 aliphatic carbocycles. The maximum Gasteiger partial charge on any atom is 0.164 e. The third kappa shape index (κ3) is 7.84. The molecule has 0 aromatic heterocycles. The van der Waals surface area contributed by atoms with Crippen molar-refractivity contribution in [2.24, 2.45) is 5.92 Å². The van der Waals surface area contributed by atoms with Gasteiger partial charge < -0.3 is 9.64 Å². The molecular weight excluding hydrogens is 391 g/mol. The predicted octanol–water partition coefficient (Wildman–Crippen LogP) is 4.82. The number of rotatable bonds is 11. The summed E-state index contributed by atoms with van der Waals surface area (Å²) in [5.74, 6) is 0.400. The van der Waals surface area contributed by atoms with Crippen LogP contribution in [0.3, 0.4) is 0 Å². The van der Waals surface area contributed by atoms with Crippen molar-refractivity contribution in [2.75, 3.05) is 45.9 Å². The van der Waals surface area contributed by atoms with E-state index in [1.54, 1.807) is 12.1 Å². The highest BCUT2D eigenvalue weighted by Crippen LogP contribution is 2.21. The number of carbonyl (C=O) groups excluding carboxylic acids is 1. The van der Waals surface area contributed by atoms with Gasteiger partial charge in [-0.05, 0) is 42.2 Å². The number of ether oxygens (including phenoxy) is 1. The van der Waals surface area contributed by atoms with Gasteiger partial charge in [0.25, 0.3) is 0 Å². The van der Waals surface area contributed by atoms with E-state index in [4.69, 9.17) is 4.74 Å². The first-order chi connectivity index (χ1) is 15.0. The summed E-state index contributed by atoms with van der Waals surface area (Å²) >= 11 is 0. The molecule has 1 heterocycles. The van der Waals surface area contributed by atoms with Gasteiger partial charge in [0.1, 0.15) is 5.82 Å². The van der Waals surface area contributed by atoms with Crippen LogP contribution in [0, 0.1) is 11.7 Å². The maximum absolute atomic E-state index is 13.0. The van der Waals surface area contributed by atoms with E-state index in [0.29, 0.717) is 17.9 Å². The highest BCUT2D eigenvalue weighted by atomic mass is 19.1. The minimum Gasteiger partial charge on any atom is -0.372 e. The van der Waals surface area contributed by atoms with Crippen LogP contribution in [-0.4, -0.2) is 61.5 Å². The lowest BCUT2D eigenvalue weighted by atomic mass is 10.1. The van der Waals surface area contributed by atoms with Crippen molar-refractivity contribution >= 4 is 5.78 Å². The molecule has 1 saturated heterocycles. The number of hydrogen-bond acceptors (Lipinski definition) is 4. The van der Waals surface area contributed by atoms with Gasteiger partial charge in [0.2, 0.25) is 0 Å². The van der Waals surface area contributed by atoms with Crippen LogP contribution in [0.15, 0.2) is 54.6 Å². The van der Waals surface area contributed by atoms with E-state index < -0.39 is 0 Å². The molecule has 3 rings (SSSR count). The number of nitrogens with zero attached hydrogens (tertiary/aromatic N) is 2. The zero-order valence-electron chi connectivity index (χ0n) is 18.8. The Morgan fingerprint density at radius 1 is 0.968 bits per heavy atom. The molecule has 5 heteroatoms. The van der Waals surface area contributed by atoms with Crippen LogP contribution < -0.4 is 0 Å². The second-order valence-electron chi connectivity index (χ2n) is 8.77. The van der Waals surface area contributed by atoms with Crippen molar-refractivity contribution in [1.82, 2.24) is 9.80 Å². The fourth-order valence-corrected chi connectivity index (χ4v) is 3.84. The topological polar surface area (TPSA) is 32.8 Å². The molecule has 1 atom stereocenters. The average molecular weight is 427 g/mol. The summed E-state index contributed by atoms with van der Waals surface area (Å²) in [5, 5.41) is 0. The minimum absolute atomic E-state index is 0.0742. The molecule has 2 aromatic carbocycles. The van der Waals surface area contributed by atoms with Gasteiger partial charge >= 0.3 is 0 Å². The maximum atomic E-state index is 13.0. The molecule has 1 fully saturated rings. The van der Waals surface area contributed by atoms with E-state index in [-0.39, 0.29) is 17.7 Å². The number of benzene rings is 2. The normalized spacial score (nSPS) is 16.5. The SMILES string of the molecule is CC(C)CCOC(CN1CCN(CCC(=O)c2ccc(F)cc2)CC1)c1ccccc1. The van der Waals surface area contributed by atoms with Crippen molar-refractivity contribution in [1.29, 1.82) is 0 Å². The molecule has 0 N–H and O–H groups in total. The zero-order valence-corrected chi connectivity index (χ0v) is 18.8. The van der Waals surface area contributed by atoms with E-state index in [1.807, 2.05) is 6.07 Å². The van der Waals surface area contributed by atoms with E-state index >= 15 is 0 Å². The molecule has 4 nitrogen and oxygen atoms in total. The largest absolute Gasteiger partial charge is 0.372 e. The average Bonchev–Trinajstić information content (AvgIpc) is 2.78. The van der Waals surface area contributed by atoms with Crippen molar-refractivity contribution in [2.45, 2.75) is 32.8 Å². The summed E-state index contributed by atoms with van der Waals surface area (Å²) in [4.78, 5) is 17.1. The zero-order chi connectivity index (χ0) is 22.1. The highest BCUT2D eigenvalue weighted by molar-refractivity contribution is 5.96. The minimum atomic E-state index is -0.310. The lowest BCUT2D eigenvalue weighted by molar-refractivity contribution is 0.00799. The summed E-state index contributed by atoms with van der Waals surface area (Å²) in [6.45, 7) is 10.7. The van der Waals surface area contributed by atoms with Crippen LogP contribution in [0.4, 0.5) is 4.39 Å². The molecule has 31 heavy (non-hydrogen) atoms. The van der Waals surface area contributed by atoms with E-state index in [2.05, 4.69) is 47.9 Å². The number of hydrogen-bond donors (Lipinski definition) is 0. The van der Waals surface area contributed by atoms with Crippen LogP contribution >= 0.6 is 0 Å². The summed E-state index contributed by atoms with van der Waals surface area (Å²) in [6.07, 6.45) is 1.63. The van der Waals surface area contributed by atoms with Crippen LogP contribution in [0.25, 0.3) is 0 Å². The van der Waals surface area contributed by atoms with E-state index in [0.717, 1.165) is 52.3 Å². The third-order valence-corrected chi connectivity index (χ3v) is 5.90. The molecule has 0 radical (unpaired) electrons. The van der Waals surface area contributed by atoms with E-state index in [1.165, 1.54) is 17.7 Å². The van der Waals surface area contributed by atoms with Crippen molar-refractivity contribution in [3.63, 3.8) is 0 Å². The molecule has 168 valence electrons. The summed E-state index contributed by atoms with van der Waals surface area (Å²) < 4.78 is 19.3. The molecule has 0 bridgehead atoms. The number of ketones is 1. The summed E-state index contributed by atoms with van der Waals surface area (Å²) in [7, 11) is 0. The Morgan fingerprint density at radius 3 is 2.26 bits per heavy atom. The fourth-order valence-electron chi connectivity index (χ4n) is 3.84. The van der Waals surface area contributed by atoms with Crippen LogP contribution in [0.1, 0.15) is 48.7 Å². The molecule has 0 spiro atoms. The monoisotopic (exact) mass is 426 g/mol. The Kier molecular flexibility index (Phi) is 9.19. The summed E-state index contributed by atoms with van der Waals surface area (Å²) in [6, 6.07) is 16.3. The number of halogens is 1. The lowest BCUT2D eigenvalue weighted by Gasteiger charge is -2.36. The van der Waals surface area contributed by atoms with E-state index in [9.17, 15) is 9.18 Å². The Morgan fingerprint density at radius 2 is 1.61 bits per heavy atom. The molecule has 1 aliphatic rings. The lowest BCUT2D eigenvalue weighted by Crippen LogP contribution is -2.48. The Labute approximate surface area is 186 Å². The van der Waals surface area contributed by atoms with Gasteiger partial charge in [-0.2, -0.15) is 0 Å². The van der Waals surface area contributed by atoms with Gasteiger partial charge in [-0.15, -0.1) is 0 Å². The first-order valence-electron chi connectivity index (χ1n) is 11.4. The fraction of sp³-hybridized carbons (Fsp3) is 0.500. The van der Waals surface area contributed by atoms with Gasteiger partial charge in [0.15, 0.2) is 5.78 Å². The highest BCUT2D eigenvalue weighted by Gasteiger charge is 2.22. The first-order valence-corrected chi connectivity index (χ1v) is 11.4. The second kappa shape index (κ2) is 12.1. The van der Waals surface area contributed by atoms with Gasteiger partial charge in [-0.1, -0.05) is 44.2 Å². The van der Waals surface area contributed by atoms with Crippen LogP contribution in [-0.2, 0) is 4.74 Å². The van der Waals surface area contributed by atoms with Crippen molar-refractivity contribution < 1.29 is 13.9 Å². The smallest absolute Gasteiger partial charge is 0.164 e. The third-order valence-electron chi connectivity index (χ3n) is 5.90. The molecule has 1 aliphatic heterocycles. The van der Waals surface area contributed by atoms with Crippen molar-refractivity contribution in [3.05, 3.63) is 71.5 Å². The van der Waals surface area contributed by atoms with Crippen LogP contribution in [0.2, 0.25) is 0 Å². The Balaban J connectivity index is 1.44. The molecule has 0 saturated carbocycles. The van der Waals surface area contributed by atoms with Gasteiger partial charge in [-0.25, -0.2) is 4.39 Å². The molecule has 1 unspecified atom stereocenters. The summed E-state index contributed by atoms with van der Waals surface area (Å²) in [5.41, 5.74) is 1.82. The molecular formula is C26H35FN2O2. The van der Waals surface area contributed by atoms with Gasteiger partial charge in [0, 0.05) is 57.9 Å². The Bertz CT molecular complexity index is 787. The molecule has 2 aromatic rings. The van der Waals surface area contributed by atoms with Gasteiger partial charge in [-0.3, -0.25) is 9.69 Å². The number of piperazine rings is 1. The van der Waals surface area contributed by atoms with Crippen molar-refractivity contribution in [3.8, 4) is 0 Å². The van der Waals surface area contributed by atoms with Gasteiger partial charge in [0.05, 0.1) is 6.10 Å². The number of Topliss-reactive ketones (excluding diaryl/α,β-unsaturated/α-hetero) is 1. The number of carbonyl (C=O) groups is 1. The van der Waals surface area contributed by atoms with Crippen LogP contribution in [0.5, 0.6) is 0 Å². The molecule has 0 amide bonds. The first kappa shape index (κ1) is 23.6. The Hall–Kier alpha value is -2.08. The quantitative estimate of drug-likeness (QED) is 0.482. The standard InChI is InChI=1S/C26H35FN2O2/c1-21(2)13-19-31-26(23-6-4-3-5-7-23)20-29-17-15-28(16-18-29)14-12-25(30)22-8-10-24(27)11-9-22/h3-11,21,26H,12-20H2,1-2H3. The predicted molar refractivity (Wildman–Crippen MR) is 123 cm³/mol.